The number of benzene rings is 2. The van der Waals surface area contributed by atoms with E-state index in [9.17, 15) is 13.2 Å². The fourth-order valence-electron chi connectivity index (χ4n) is 5.80. The summed E-state index contributed by atoms with van der Waals surface area (Å²) in [5.74, 6) is -0.0812. The van der Waals surface area contributed by atoms with Gasteiger partial charge >= 0.3 is 0 Å². The molecular formula is C25H32ClN3O3S. The summed E-state index contributed by atoms with van der Waals surface area (Å²) in [6, 6.07) is 10.5. The number of piperidine rings is 1. The van der Waals surface area contributed by atoms with E-state index in [4.69, 9.17) is 11.6 Å². The first-order chi connectivity index (χ1) is 15.9. The van der Waals surface area contributed by atoms with Crippen LogP contribution in [0.1, 0.15) is 51.4 Å². The van der Waals surface area contributed by atoms with Crippen LogP contribution in [0, 0.1) is 0 Å². The second kappa shape index (κ2) is 9.53. The molecule has 0 radical (unpaired) electrons. The van der Waals surface area contributed by atoms with E-state index in [1.165, 1.54) is 32.1 Å². The second-order valence-electron chi connectivity index (χ2n) is 9.71. The lowest BCUT2D eigenvalue weighted by atomic mass is 9.92. The van der Waals surface area contributed by atoms with Crippen LogP contribution >= 0.6 is 11.6 Å². The van der Waals surface area contributed by atoms with Crippen molar-refractivity contribution in [1.82, 2.24) is 14.5 Å². The highest BCUT2D eigenvalue weighted by molar-refractivity contribution is 7.89. The number of amides is 1. The lowest BCUT2D eigenvalue weighted by Crippen LogP contribution is -2.50. The Hall–Kier alpha value is -1.67. The molecule has 1 saturated carbocycles. The summed E-state index contributed by atoms with van der Waals surface area (Å²) < 4.78 is 28.7. The van der Waals surface area contributed by atoms with Crippen molar-refractivity contribution in [1.29, 1.82) is 0 Å². The quantitative estimate of drug-likeness (QED) is 0.684. The molecule has 2 heterocycles. The Morgan fingerprint density at radius 3 is 2.27 bits per heavy atom. The number of fused-ring (bicyclic) bond motifs is 1. The Balaban J connectivity index is 1.21. The molecule has 178 valence electrons. The Morgan fingerprint density at radius 2 is 1.52 bits per heavy atom. The maximum Gasteiger partial charge on any atom is 0.241 e. The molecule has 1 amide bonds. The van der Waals surface area contributed by atoms with E-state index in [-0.39, 0.29) is 16.8 Å². The molecule has 2 aromatic rings. The standard InChI is InChI=1S/C25H32ClN3O3S/c26-20-8-6-19-17-23(9-7-18(19)16-20)33(31,32)27-24-12-15-29(25(24)30)22-10-13-28(14-11-22)21-4-2-1-3-5-21/h6-9,16-17,21-22,24,27H,1-5,10-15H2/t24-/m0/s1. The smallest absolute Gasteiger partial charge is 0.241 e. The van der Waals surface area contributed by atoms with Gasteiger partial charge in [-0.2, -0.15) is 4.72 Å². The molecule has 33 heavy (non-hydrogen) atoms. The molecule has 5 rings (SSSR count). The van der Waals surface area contributed by atoms with Crippen LogP contribution in [0.3, 0.4) is 0 Å². The number of carbonyl (C=O) groups is 1. The lowest BCUT2D eigenvalue weighted by Gasteiger charge is -2.41. The van der Waals surface area contributed by atoms with Crippen LogP contribution in [0.25, 0.3) is 10.8 Å². The van der Waals surface area contributed by atoms with Crippen LogP contribution in [0.15, 0.2) is 41.3 Å². The van der Waals surface area contributed by atoms with Crippen LogP contribution < -0.4 is 4.72 Å². The normalized spacial score (nSPS) is 24.1. The summed E-state index contributed by atoms with van der Waals surface area (Å²) in [6.07, 6.45) is 9.12. The summed E-state index contributed by atoms with van der Waals surface area (Å²) >= 11 is 6.03. The minimum atomic E-state index is -3.79. The minimum absolute atomic E-state index is 0.0812. The van der Waals surface area contributed by atoms with Gasteiger partial charge in [-0.3, -0.25) is 4.79 Å². The first-order valence-corrected chi connectivity index (χ1v) is 14.0. The molecule has 1 atom stereocenters. The van der Waals surface area contributed by atoms with E-state index in [0.29, 0.717) is 24.0 Å². The van der Waals surface area contributed by atoms with Crippen LogP contribution in [0.2, 0.25) is 5.02 Å². The van der Waals surface area contributed by atoms with Gasteiger partial charge in [0, 0.05) is 36.7 Å². The zero-order valence-electron chi connectivity index (χ0n) is 18.9. The summed E-state index contributed by atoms with van der Waals surface area (Å²) in [4.78, 5) is 17.8. The maximum absolute atomic E-state index is 13.1. The number of hydrogen-bond acceptors (Lipinski definition) is 4. The number of nitrogens with zero attached hydrogens (tertiary/aromatic N) is 2. The number of hydrogen-bond donors (Lipinski definition) is 1. The molecule has 0 spiro atoms. The van der Waals surface area contributed by atoms with Gasteiger partial charge in [-0.15, -0.1) is 0 Å². The zero-order valence-corrected chi connectivity index (χ0v) is 20.5. The number of rotatable bonds is 5. The van der Waals surface area contributed by atoms with Crippen LogP contribution in [0.5, 0.6) is 0 Å². The Morgan fingerprint density at radius 1 is 0.818 bits per heavy atom. The van der Waals surface area contributed by atoms with Crippen LogP contribution in [0.4, 0.5) is 0 Å². The van der Waals surface area contributed by atoms with Gasteiger partial charge < -0.3 is 9.80 Å². The summed E-state index contributed by atoms with van der Waals surface area (Å²) in [5, 5.41) is 2.29. The highest BCUT2D eigenvalue weighted by atomic mass is 35.5. The number of likely N-dealkylation sites (tertiary alicyclic amines) is 2. The van der Waals surface area contributed by atoms with Crippen molar-refractivity contribution >= 4 is 38.3 Å². The third-order valence-corrected chi connectivity index (χ3v) is 9.36. The van der Waals surface area contributed by atoms with Gasteiger partial charge in [0.1, 0.15) is 6.04 Å². The highest BCUT2D eigenvalue weighted by Crippen LogP contribution is 2.29. The first kappa shape index (κ1) is 23.1. The zero-order chi connectivity index (χ0) is 23.0. The molecule has 1 N–H and O–H groups in total. The predicted molar refractivity (Wildman–Crippen MR) is 131 cm³/mol. The van der Waals surface area contributed by atoms with E-state index in [1.807, 2.05) is 4.90 Å². The Kier molecular flexibility index (Phi) is 6.67. The van der Waals surface area contributed by atoms with E-state index in [1.54, 1.807) is 36.4 Å². The molecule has 1 aliphatic carbocycles. The average Bonchev–Trinajstić information content (AvgIpc) is 3.18. The van der Waals surface area contributed by atoms with Gasteiger partial charge in [-0.25, -0.2) is 8.42 Å². The van der Waals surface area contributed by atoms with Crippen molar-refractivity contribution in [2.24, 2.45) is 0 Å². The third-order valence-electron chi connectivity index (χ3n) is 7.65. The maximum atomic E-state index is 13.1. The monoisotopic (exact) mass is 489 g/mol. The molecule has 0 unspecified atom stereocenters. The van der Waals surface area contributed by atoms with Gasteiger partial charge in [0.05, 0.1) is 4.90 Å². The van der Waals surface area contributed by atoms with Gasteiger partial charge in [0.25, 0.3) is 0 Å². The minimum Gasteiger partial charge on any atom is -0.338 e. The molecule has 0 aromatic heterocycles. The largest absolute Gasteiger partial charge is 0.338 e. The average molecular weight is 490 g/mol. The summed E-state index contributed by atoms with van der Waals surface area (Å²) in [6.45, 7) is 2.70. The molecule has 2 saturated heterocycles. The van der Waals surface area contributed by atoms with Crippen molar-refractivity contribution in [2.75, 3.05) is 19.6 Å². The molecule has 2 aromatic carbocycles. The lowest BCUT2D eigenvalue weighted by molar-refractivity contribution is -0.132. The fourth-order valence-corrected chi connectivity index (χ4v) is 7.24. The van der Waals surface area contributed by atoms with Crippen LogP contribution in [-0.2, 0) is 14.8 Å². The van der Waals surface area contributed by atoms with E-state index in [0.717, 1.165) is 36.7 Å². The molecule has 6 nitrogen and oxygen atoms in total. The van der Waals surface area contributed by atoms with E-state index < -0.39 is 16.1 Å². The van der Waals surface area contributed by atoms with Crippen molar-refractivity contribution in [2.45, 2.75) is 74.4 Å². The van der Waals surface area contributed by atoms with Crippen molar-refractivity contribution in [3.8, 4) is 0 Å². The summed E-state index contributed by atoms with van der Waals surface area (Å²) in [5.41, 5.74) is 0. The van der Waals surface area contributed by atoms with Crippen molar-refractivity contribution in [3.63, 3.8) is 0 Å². The van der Waals surface area contributed by atoms with Gasteiger partial charge in [0.2, 0.25) is 15.9 Å². The predicted octanol–water partition coefficient (Wildman–Crippen LogP) is 4.17. The Bertz CT molecular complexity index is 1120. The molecule has 0 bridgehead atoms. The van der Waals surface area contributed by atoms with Gasteiger partial charge in [-0.05, 0) is 67.1 Å². The summed E-state index contributed by atoms with van der Waals surface area (Å²) in [7, 11) is -3.79. The molecule has 3 fully saturated rings. The van der Waals surface area contributed by atoms with Gasteiger partial charge in [0.15, 0.2) is 0 Å². The number of sulfonamides is 1. The second-order valence-corrected chi connectivity index (χ2v) is 11.9. The number of nitrogens with one attached hydrogen (secondary N) is 1. The number of halogens is 1. The van der Waals surface area contributed by atoms with Crippen LogP contribution in [-0.4, -0.2) is 61.9 Å². The first-order valence-electron chi connectivity index (χ1n) is 12.2. The molecular weight excluding hydrogens is 458 g/mol. The highest BCUT2D eigenvalue weighted by Gasteiger charge is 2.39. The van der Waals surface area contributed by atoms with Gasteiger partial charge in [-0.1, -0.05) is 43.0 Å². The molecule has 8 heteroatoms. The third kappa shape index (κ3) is 4.92. The van der Waals surface area contributed by atoms with E-state index in [2.05, 4.69) is 9.62 Å². The topological polar surface area (TPSA) is 69.7 Å². The molecule has 2 aliphatic heterocycles. The van der Waals surface area contributed by atoms with E-state index >= 15 is 0 Å². The Labute approximate surface area is 201 Å². The number of carbonyl (C=O) groups excluding carboxylic acids is 1. The van der Waals surface area contributed by atoms with Crippen molar-refractivity contribution in [3.05, 3.63) is 41.4 Å². The van der Waals surface area contributed by atoms with Crippen molar-refractivity contribution < 1.29 is 13.2 Å². The SMILES string of the molecule is O=C1[C@@H](NS(=O)(=O)c2ccc3cc(Cl)ccc3c2)CCN1C1CCN(C2CCCCC2)CC1. The fraction of sp³-hybridized carbons (Fsp3) is 0.560. The molecule has 3 aliphatic rings.